The Morgan fingerprint density at radius 1 is 1.64 bits per heavy atom. The monoisotopic (exact) mass is 316 g/mol. The summed E-state index contributed by atoms with van der Waals surface area (Å²) in [5.41, 5.74) is 1.61. The number of hydrogen-bond acceptors (Lipinski definition) is 6. The van der Waals surface area contributed by atoms with Crippen LogP contribution in [0.1, 0.15) is 41.3 Å². The lowest BCUT2D eigenvalue weighted by Crippen LogP contribution is -2.32. The summed E-state index contributed by atoms with van der Waals surface area (Å²) >= 11 is 1.36. The SMILES string of the molecule is Cc1csc(C(C#N)C(=O)[C@@H]2CCCO[C@H]2c2ccn[nH]2)n1. The molecule has 1 aliphatic rings. The summed E-state index contributed by atoms with van der Waals surface area (Å²) in [7, 11) is 0. The number of thiazole rings is 1. The van der Waals surface area contributed by atoms with Crippen molar-refractivity contribution >= 4 is 17.1 Å². The van der Waals surface area contributed by atoms with Crippen molar-refractivity contribution in [2.75, 3.05) is 6.61 Å². The van der Waals surface area contributed by atoms with Crippen LogP contribution in [0.15, 0.2) is 17.6 Å². The maximum absolute atomic E-state index is 12.9. The van der Waals surface area contributed by atoms with Crippen molar-refractivity contribution in [2.45, 2.75) is 31.8 Å². The topological polar surface area (TPSA) is 91.7 Å². The Labute approximate surface area is 132 Å². The van der Waals surface area contributed by atoms with E-state index in [0.29, 0.717) is 18.0 Å². The molecule has 7 heteroatoms. The zero-order chi connectivity index (χ0) is 15.5. The van der Waals surface area contributed by atoms with Gasteiger partial charge in [-0.25, -0.2) is 4.98 Å². The van der Waals surface area contributed by atoms with E-state index >= 15 is 0 Å². The number of hydrogen-bond donors (Lipinski definition) is 1. The molecule has 6 nitrogen and oxygen atoms in total. The van der Waals surface area contributed by atoms with E-state index < -0.39 is 5.92 Å². The Kier molecular flexibility index (Phi) is 4.32. The third-order valence-corrected chi connectivity index (χ3v) is 4.84. The molecule has 0 saturated carbocycles. The number of ether oxygens (including phenoxy) is 1. The Hall–Kier alpha value is -2.04. The highest BCUT2D eigenvalue weighted by Gasteiger charge is 2.38. The minimum Gasteiger partial charge on any atom is -0.371 e. The van der Waals surface area contributed by atoms with Gasteiger partial charge in [0.2, 0.25) is 0 Å². The van der Waals surface area contributed by atoms with Crippen LogP contribution in [-0.4, -0.2) is 27.6 Å². The lowest BCUT2D eigenvalue weighted by molar-refractivity contribution is -0.133. The summed E-state index contributed by atoms with van der Waals surface area (Å²) in [6.07, 6.45) is 2.81. The molecule has 0 aliphatic carbocycles. The maximum Gasteiger partial charge on any atom is 0.163 e. The summed E-state index contributed by atoms with van der Waals surface area (Å²) < 4.78 is 5.77. The third kappa shape index (κ3) is 2.80. The van der Waals surface area contributed by atoms with E-state index in [0.717, 1.165) is 17.8 Å². The van der Waals surface area contributed by atoms with Crippen LogP contribution in [-0.2, 0) is 9.53 Å². The van der Waals surface area contributed by atoms with Gasteiger partial charge in [0.15, 0.2) is 11.7 Å². The van der Waals surface area contributed by atoms with Crippen LogP contribution < -0.4 is 0 Å². The number of aromatic nitrogens is 3. The molecule has 3 atom stereocenters. The van der Waals surface area contributed by atoms with Gasteiger partial charge in [0.1, 0.15) is 11.1 Å². The molecule has 2 aromatic heterocycles. The Morgan fingerprint density at radius 2 is 2.50 bits per heavy atom. The minimum atomic E-state index is -0.823. The smallest absolute Gasteiger partial charge is 0.163 e. The highest BCUT2D eigenvalue weighted by atomic mass is 32.1. The summed E-state index contributed by atoms with van der Waals surface area (Å²) in [5.74, 6) is -1.28. The molecule has 1 fully saturated rings. The molecule has 0 bridgehead atoms. The summed E-state index contributed by atoms with van der Waals surface area (Å²) in [6, 6.07) is 3.92. The van der Waals surface area contributed by atoms with Gasteiger partial charge >= 0.3 is 0 Å². The zero-order valence-corrected chi connectivity index (χ0v) is 13.0. The van der Waals surface area contributed by atoms with Crippen molar-refractivity contribution in [1.29, 1.82) is 5.26 Å². The van der Waals surface area contributed by atoms with Crippen molar-refractivity contribution < 1.29 is 9.53 Å². The number of nitrogens with one attached hydrogen (secondary N) is 1. The van der Waals surface area contributed by atoms with E-state index in [9.17, 15) is 10.1 Å². The third-order valence-electron chi connectivity index (χ3n) is 3.81. The lowest BCUT2D eigenvalue weighted by atomic mass is 9.83. The molecule has 22 heavy (non-hydrogen) atoms. The number of aryl methyl sites for hydroxylation is 1. The first kappa shape index (κ1) is 14.9. The maximum atomic E-state index is 12.9. The number of carbonyl (C=O) groups is 1. The van der Waals surface area contributed by atoms with E-state index in [4.69, 9.17) is 4.74 Å². The average Bonchev–Trinajstić information content (AvgIpc) is 3.20. The minimum absolute atomic E-state index is 0.115. The highest BCUT2D eigenvalue weighted by Crippen LogP contribution is 2.37. The molecule has 1 aliphatic heterocycles. The first-order valence-electron chi connectivity index (χ1n) is 7.17. The van der Waals surface area contributed by atoms with E-state index in [1.807, 2.05) is 18.4 Å². The van der Waals surface area contributed by atoms with Gasteiger partial charge < -0.3 is 4.74 Å². The van der Waals surface area contributed by atoms with E-state index in [2.05, 4.69) is 21.3 Å². The molecule has 0 spiro atoms. The summed E-state index contributed by atoms with van der Waals surface area (Å²) in [6.45, 7) is 2.47. The number of nitriles is 1. The largest absolute Gasteiger partial charge is 0.371 e. The van der Waals surface area contributed by atoms with E-state index in [1.165, 1.54) is 11.3 Å². The number of carbonyl (C=O) groups excluding carboxylic acids is 1. The average molecular weight is 316 g/mol. The second-order valence-corrected chi connectivity index (χ2v) is 6.23. The van der Waals surface area contributed by atoms with Gasteiger partial charge in [0, 0.05) is 23.9 Å². The van der Waals surface area contributed by atoms with Gasteiger partial charge in [-0.05, 0) is 25.8 Å². The Morgan fingerprint density at radius 3 is 3.14 bits per heavy atom. The number of aromatic amines is 1. The molecule has 1 unspecified atom stereocenters. The Bertz CT molecular complexity index is 689. The standard InChI is InChI=1S/C15H16N4O2S/c1-9-8-22-15(18-9)11(7-16)13(20)10-3-2-6-21-14(10)12-4-5-17-19-12/h4-5,8,10-11,14H,2-3,6H2,1H3,(H,17,19)/t10-,11?,14+/m0/s1. The molecule has 2 aromatic rings. The van der Waals surface area contributed by atoms with Crippen molar-refractivity contribution in [1.82, 2.24) is 15.2 Å². The lowest BCUT2D eigenvalue weighted by Gasteiger charge is -2.30. The van der Waals surface area contributed by atoms with E-state index in [-0.39, 0.29) is 17.8 Å². The molecular formula is C15H16N4O2S. The van der Waals surface area contributed by atoms with Crippen LogP contribution >= 0.6 is 11.3 Å². The molecule has 0 radical (unpaired) electrons. The summed E-state index contributed by atoms with van der Waals surface area (Å²) in [5, 5.41) is 18.7. The normalized spacial score (nSPS) is 22.9. The van der Waals surface area contributed by atoms with Crippen molar-refractivity contribution in [3.63, 3.8) is 0 Å². The summed E-state index contributed by atoms with van der Waals surface area (Å²) in [4.78, 5) is 17.2. The fourth-order valence-corrected chi connectivity index (χ4v) is 3.61. The van der Waals surface area contributed by atoms with Gasteiger partial charge in [-0.15, -0.1) is 11.3 Å². The molecule has 0 aromatic carbocycles. The first-order chi connectivity index (χ1) is 10.7. The fraction of sp³-hybridized carbons (Fsp3) is 0.467. The molecule has 3 rings (SSSR count). The number of H-pyrrole nitrogens is 1. The second-order valence-electron chi connectivity index (χ2n) is 5.34. The van der Waals surface area contributed by atoms with Crippen LogP contribution in [0.25, 0.3) is 0 Å². The van der Waals surface area contributed by atoms with Gasteiger partial charge in [-0.3, -0.25) is 9.89 Å². The highest BCUT2D eigenvalue weighted by molar-refractivity contribution is 7.09. The molecule has 114 valence electrons. The fourth-order valence-electron chi connectivity index (χ4n) is 2.76. The van der Waals surface area contributed by atoms with Crippen LogP contribution in [0.5, 0.6) is 0 Å². The second kappa shape index (κ2) is 6.38. The number of rotatable bonds is 4. The first-order valence-corrected chi connectivity index (χ1v) is 8.05. The predicted octanol–water partition coefficient (Wildman–Crippen LogP) is 2.52. The molecular weight excluding hydrogens is 300 g/mol. The zero-order valence-electron chi connectivity index (χ0n) is 12.2. The quantitative estimate of drug-likeness (QED) is 0.935. The van der Waals surface area contributed by atoms with Crippen molar-refractivity contribution in [2.24, 2.45) is 5.92 Å². The van der Waals surface area contributed by atoms with Gasteiger partial charge in [0.05, 0.1) is 17.7 Å². The molecule has 1 N–H and O–H groups in total. The van der Waals surface area contributed by atoms with Gasteiger partial charge in [-0.2, -0.15) is 10.4 Å². The van der Waals surface area contributed by atoms with Crippen LogP contribution in [0.3, 0.4) is 0 Å². The van der Waals surface area contributed by atoms with Crippen LogP contribution in [0.4, 0.5) is 0 Å². The van der Waals surface area contributed by atoms with E-state index in [1.54, 1.807) is 6.20 Å². The number of Topliss-reactive ketones (excluding diaryl/α,β-unsaturated/α-hetero) is 1. The molecule has 1 saturated heterocycles. The number of ketones is 1. The van der Waals surface area contributed by atoms with Crippen LogP contribution in [0.2, 0.25) is 0 Å². The molecule has 3 heterocycles. The predicted molar refractivity (Wildman–Crippen MR) is 80.2 cm³/mol. The van der Waals surface area contributed by atoms with Crippen molar-refractivity contribution in [3.8, 4) is 6.07 Å². The van der Waals surface area contributed by atoms with Gasteiger partial charge in [-0.1, -0.05) is 0 Å². The van der Waals surface area contributed by atoms with Crippen molar-refractivity contribution in [3.05, 3.63) is 34.0 Å². The van der Waals surface area contributed by atoms with Crippen LogP contribution in [0, 0.1) is 24.2 Å². The Balaban J connectivity index is 1.86. The van der Waals surface area contributed by atoms with Gasteiger partial charge in [0.25, 0.3) is 0 Å². The number of nitrogens with zero attached hydrogens (tertiary/aromatic N) is 3. The molecule has 0 amide bonds.